The molecule has 3 nitrogen and oxygen atoms in total. The van der Waals surface area contributed by atoms with E-state index in [1.165, 1.54) is 0 Å². The van der Waals surface area contributed by atoms with E-state index in [0.29, 0.717) is 11.3 Å². The van der Waals surface area contributed by atoms with Crippen LogP contribution in [0.2, 0.25) is 0 Å². The number of hydrogen-bond acceptors (Lipinski definition) is 4. The van der Waals surface area contributed by atoms with Crippen LogP contribution in [0.5, 0.6) is 0 Å². The maximum atomic E-state index is 8.75. The lowest BCUT2D eigenvalue weighted by atomic mass is 10.2. The van der Waals surface area contributed by atoms with Gasteiger partial charge in [-0.1, -0.05) is 6.92 Å². The van der Waals surface area contributed by atoms with Crippen LogP contribution in [0.25, 0.3) is 0 Å². The smallest absolute Gasteiger partial charge is 0.0446 e. The summed E-state index contributed by atoms with van der Waals surface area (Å²) in [4.78, 5) is 0. The van der Waals surface area contributed by atoms with E-state index < -0.39 is 0 Å². The van der Waals surface area contributed by atoms with Crippen molar-refractivity contribution in [3.8, 4) is 0 Å². The molecule has 0 spiro atoms. The average molecular weight is 207 g/mol. The van der Waals surface area contributed by atoms with Crippen LogP contribution in [0.1, 0.15) is 19.8 Å². The second kappa shape index (κ2) is 8.81. The average Bonchev–Trinajstić information content (AvgIpc) is 2.12. The van der Waals surface area contributed by atoms with E-state index in [2.05, 4.69) is 12.2 Å². The van der Waals surface area contributed by atoms with Crippen LogP contribution in [-0.2, 0) is 0 Å². The van der Waals surface area contributed by atoms with Gasteiger partial charge >= 0.3 is 0 Å². The van der Waals surface area contributed by atoms with E-state index in [0.717, 1.165) is 18.6 Å². The number of nitrogens with one attached hydrogen (secondary N) is 1. The molecular weight excluding hydrogens is 186 g/mol. The highest BCUT2D eigenvalue weighted by molar-refractivity contribution is 7.99. The summed E-state index contributed by atoms with van der Waals surface area (Å²) in [6.45, 7) is 2.62. The fourth-order valence-corrected chi connectivity index (χ4v) is 2.18. The van der Waals surface area contributed by atoms with Gasteiger partial charge in [0.1, 0.15) is 0 Å². The molecule has 0 aromatic heterocycles. The molecule has 0 aliphatic rings. The van der Waals surface area contributed by atoms with Crippen LogP contribution in [-0.4, -0.2) is 47.5 Å². The molecule has 0 aliphatic carbocycles. The van der Waals surface area contributed by atoms with E-state index in [9.17, 15) is 0 Å². The van der Waals surface area contributed by atoms with Crippen LogP contribution in [0.4, 0.5) is 0 Å². The minimum absolute atomic E-state index is 0.237. The second-order valence-corrected chi connectivity index (χ2v) is 4.63. The Kier molecular flexibility index (Phi) is 8.97. The SMILES string of the molecule is CNC(CCO)CSC(C)CCO. The molecule has 2 atom stereocenters. The quantitative estimate of drug-likeness (QED) is 0.541. The molecule has 13 heavy (non-hydrogen) atoms. The minimum Gasteiger partial charge on any atom is -0.396 e. The number of hydrogen-bond donors (Lipinski definition) is 3. The highest BCUT2D eigenvalue weighted by Gasteiger charge is 2.08. The maximum absolute atomic E-state index is 8.75. The van der Waals surface area contributed by atoms with Crippen LogP contribution in [0, 0.1) is 0 Å². The standard InChI is InChI=1S/C9H21NO2S/c1-8(3-5-11)13-7-9(10-2)4-6-12/h8-12H,3-7H2,1-2H3. The number of thioether (sulfide) groups is 1. The molecule has 0 saturated heterocycles. The zero-order chi connectivity index (χ0) is 10.1. The summed E-state index contributed by atoms with van der Waals surface area (Å²) in [6, 6.07) is 0.385. The summed E-state index contributed by atoms with van der Waals surface area (Å²) in [5.74, 6) is 0.998. The Bertz CT molecular complexity index is 114. The lowest BCUT2D eigenvalue weighted by molar-refractivity contribution is 0.272. The van der Waals surface area contributed by atoms with Crippen molar-refractivity contribution < 1.29 is 10.2 Å². The first-order valence-electron chi connectivity index (χ1n) is 4.75. The van der Waals surface area contributed by atoms with Crippen molar-refractivity contribution >= 4 is 11.8 Å². The molecule has 0 bridgehead atoms. The maximum Gasteiger partial charge on any atom is 0.0446 e. The zero-order valence-corrected chi connectivity index (χ0v) is 9.31. The summed E-state index contributed by atoms with van der Waals surface area (Å²) < 4.78 is 0. The van der Waals surface area contributed by atoms with E-state index in [4.69, 9.17) is 10.2 Å². The van der Waals surface area contributed by atoms with Crippen molar-refractivity contribution in [2.45, 2.75) is 31.1 Å². The summed E-state index contributed by atoms with van der Waals surface area (Å²) in [7, 11) is 1.91. The molecule has 0 aliphatic heterocycles. The van der Waals surface area contributed by atoms with Gasteiger partial charge in [0, 0.05) is 30.3 Å². The van der Waals surface area contributed by atoms with Crippen LogP contribution < -0.4 is 5.32 Å². The molecule has 0 rings (SSSR count). The predicted octanol–water partition coefficient (Wildman–Crippen LogP) is 0.461. The molecule has 80 valence electrons. The lowest BCUT2D eigenvalue weighted by Gasteiger charge is -2.17. The molecule has 4 heteroatoms. The first-order valence-corrected chi connectivity index (χ1v) is 5.80. The molecule has 0 saturated carbocycles. The Balaban J connectivity index is 3.46. The Morgan fingerprint density at radius 2 is 1.85 bits per heavy atom. The molecule has 0 aromatic rings. The molecule has 0 amide bonds. The molecule has 0 fully saturated rings. The van der Waals surface area contributed by atoms with E-state index in [-0.39, 0.29) is 13.2 Å². The van der Waals surface area contributed by atoms with Crippen molar-refractivity contribution in [2.75, 3.05) is 26.0 Å². The molecule has 2 unspecified atom stereocenters. The number of aliphatic hydroxyl groups is 2. The van der Waals surface area contributed by atoms with Crippen LogP contribution in [0.3, 0.4) is 0 Å². The van der Waals surface area contributed by atoms with Gasteiger partial charge in [-0.15, -0.1) is 0 Å². The van der Waals surface area contributed by atoms with E-state index >= 15 is 0 Å². The summed E-state index contributed by atoms with van der Waals surface area (Å²) in [5, 5.41) is 21.1. The van der Waals surface area contributed by atoms with Crippen molar-refractivity contribution in [2.24, 2.45) is 0 Å². The molecule has 0 heterocycles. The second-order valence-electron chi connectivity index (χ2n) is 3.15. The van der Waals surface area contributed by atoms with Crippen LogP contribution >= 0.6 is 11.8 Å². The topological polar surface area (TPSA) is 52.5 Å². The van der Waals surface area contributed by atoms with Gasteiger partial charge in [0.15, 0.2) is 0 Å². The molecule has 3 N–H and O–H groups in total. The Morgan fingerprint density at radius 3 is 2.31 bits per heavy atom. The van der Waals surface area contributed by atoms with Gasteiger partial charge in [0.2, 0.25) is 0 Å². The van der Waals surface area contributed by atoms with E-state index in [1.807, 2.05) is 18.8 Å². The van der Waals surface area contributed by atoms with Crippen LogP contribution in [0.15, 0.2) is 0 Å². The van der Waals surface area contributed by atoms with Crippen molar-refractivity contribution in [3.63, 3.8) is 0 Å². The lowest BCUT2D eigenvalue weighted by Crippen LogP contribution is -2.29. The molecular formula is C9H21NO2S. The first kappa shape index (κ1) is 13.2. The largest absolute Gasteiger partial charge is 0.396 e. The fourth-order valence-electron chi connectivity index (χ4n) is 1.01. The Hall–Kier alpha value is 0.230. The Labute approximate surface area is 84.9 Å². The van der Waals surface area contributed by atoms with Gasteiger partial charge in [0.25, 0.3) is 0 Å². The minimum atomic E-state index is 0.237. The van der Waals surface area contributed by atoms with Crippen molar-refractivity contribution in [1.82, 2.24) is 5.32 Å². The highest BCUT2D eigenvalue weighted by atomic mass is 32.2. The first-order chi connectivity index (χ1) is 6.24. The van der Waals surface area contributed by atoms with Gasteiger partial charge in [-0.2, -0.15) is 11.8 Å². The third kappa shape index (κ3) is 7.31. The molecule has 0 aromatic carbocycles. The van der Waals surface area contributed by atoms with Gasteiger partial charge in [-0.3, -0.25) is 0 Å². The Morgan fingerprint density at radius 1 is 1.23 bits per heavy atom. The van der Waals surface area contributed by atoms with E-state index in [1.54, 1.807) is 0 Å². The summed E-state index contributed by atoms with van der Waals surface area (Å²) >= 11 is 1.84. The monoisotopic (exact) mass is 207 g/mol. The highest BCUT2D eigenvalue weighted by Crippen LogP contribution is 2.15. The number of rotatable bonds is 8. The van der Waals surface area contributed by atoms with Gasteiger partial charge in [-0.05, 0) is 19.9 Å². The fraction of sp³-hybridized carbons (Fsp3) is 1.00. The summed E-state index contributed by atoms with van der Waals surface area (Å²) in [5.41, 5.74) is 0. The predicted molar refractivity (Wildman–Crippen MR) is 58.2 cm³/mol. The van der Waals surface area contributed by atoms with Gasteiger partial charge in [0.05, 0.1) is 0 Å². The van der Waals surface area contributed by atoms with Gasteiger partial charge in [-0.25, -0.2) is 0 Å². The van der Waals surface area contributed by atoms with Crippen molar-refractivity contribution in [1.29, 1.82) is 0 Å². The molecule has 0 radical (unpaired) electrons. The van der Waals surface area contributed by atoms with Crippen molar-refractivity contribution in [3.05, 3.63) is 0 Å². The zero-order valence-electron chi connectivity index (χ0n) is 8.49. The normalized spacial score (nSPS) is 15.7. The third-order valence-electron chi connectivity index (χ3n) is 2.00. The summed E-state index contributed by atoms with van der Waals surface area (Å²) in [6.07, 6.45) is 1.65. The van der Waals surface area contributed by atoms with Gasteiger partial charge < -0.3 is 15.5 Å². The third-order valence-corrected chi connectivity index (χ3v) is 3.40. The number of aliphatic hydroxyl groups excluding tert-OH is 2.